The Labute approximate surface area is 190 Å². The van der Waals surface area contributed by atoms with Crippen LogP contribution in [0.3, 0.4) is 0 Å². The van der Waals surface area contributed by atoms with E-state index < -0.39 is 17.6 Å². The molecule has 2 N–H and O–H groups in total. The van der Waals surface area contributed by atoms with Crippen molar-refractivity contribution in [1.29, 1.82) is 0 Å². The Hall–Kier alpha value is -3.79. The van der Waals surface area contributed by atoms with E-state index in [1.54, 1.807) is 33.2 Å². The second kappa shape index (κ2) is 10.7. The van der Waals surface area contributed by atoms with E-state index in [2.05, 4.69) is 15.3 Å². The van der Waals surface area contributed by atoms with E-state index in [-0.39, 0.29) is 31.3 Å². The number of nitrogens with one attached hydrogen (secondary N) is 1. The summed E-state index contributed by atoms with van der Waals surface area (Å²) in [5.41, 5.74) is 1.08. The molecule has 0 bridgehead atoms. The Kier molecular flexibility index (Phi) is 7.73. The molecule has 3 rings (SSSR count). The molecule has 0 saturated carbocycles. The van der Waals surface area contributed by atoms with Crippen LogP contribution in [0.1, 0.15) is 31.4 Å². The summed E-state index contributed by atoms with van der Waals surface area (Å²) in [5.74, 6) is -0.694. The summed E-state index contributed by atoms with van der Waals surface area (Å²) in [6.45, 7) is 1.99. The Balaban J connectivity index is 2.24. The van der Waals surface area contributed by atoms with Crippen LogP contribution in [-0.4, -0.2) is 58.8 Å². The minimum Gasteiger partial charge on any atom is -0.481 e. The molecule has 0 radical (unpaired) electrons. The fourth-order valence-electron chi connectivity index (χ4n) is 3.47. The molecule has 0 aliphatic rings. The lowest BCUT2D eigenvalue weighted by atomic mass is 10.1. The Morgan fingerprint density at radius 1 is 1.18 bits per heavy atom. The predicted octanol–water partition coefficient (Wildman–Crippen LogP) is 2.29. The number of hydrogen-bond donors (Lipinski definition) is 2. The third-order valence-corrected chi connectivity index (χ3v) is 5.19. The third-order valence-electron chi connectivity index (χ3n) is 5.19. The lowest BCUT2D eigenvalue weighted by Gasteiger charge is -2.23. The lowest BCUT2D eigenvalue weighted by molar-refractivity contribution is -0.136. The fourth-order valence-corrected chi connectivity index (χ4v) is 3.47. The number of carbonyl (C=O) groups excluding carboxylic acids is 1. The topological polar surface area (TPSA) is 127 Å². The monoisotopic (exact) mass is 453 g/mol. The minimum absolute atomic E-state index is 0.0216. The lowest BCUT2D eigenvalue weighted by Crippen LogP contribution is -2.33. The van der Waals surface area contributed by atoms with Crippen LogP contribution in [0.4, 0.5) is 11.6 Å². The highest BCUT2D eigenvalue weighted by molar-refractivity contribution is 5.92. The van der Waals surface area contributed by atoms with E-state index in [9.17, 15) is 14.4 Å². The largest absolute Gasteiger partial charge is 0.481 e. The SMILES string of the molecule is CCC(=O)N(C)c1ccc2nc(NCCC(=O)O)c(=O)n(C(COC)c3ccccc3)c2n1. The molecule has 0 aliphatic carbocycles. The molecule has 0 spiro atoms. The van der Waals surface area contributed by atoms with Crippen LogP contribution in [-0.2, 0) is 14.3 Å². The molecule has 174 valence electrons. The molecular formula is C23H27N5O5. The van der Waals surface area contributed by atoms with E-state index in [4.69, 9.17) is 9.84 Å². The number of nitrogens with zero attached hydrogens (tertiary/aromatic N) is 4. The minimum atomic E-state index is -0.986. The van der Waals surface area contributed by atoms with Gasteiger partial charge in [0.05, 0.1) is 19.1 Å². The summed E-state index contributed by atoms with van der Waals surface area (Å²) >= 11 is 0. The van der Waals surface area contributed by atoms with Gasteiger partial charge in [-0.25, -0.2) is 9.97 Å². The fraction of sp³-hybridized carbons (Fsp3) is 0.348. The van der Waals surface area contributed by atoms with Gasteiger partial charge in [0.2, 0.25) is 5.91 Å². The zero-order chi connectivity index (χ0) is 24.0. The number of methoxy groups -OCH3 is 1. The van der Waals surface area contributed by atoms with Crippen molar-refractivity contribution in [1.82, 2.24) is 14.5 Å². The average molecular weight is 453 g/mol. The number of rotatable bonds is 10. The number of benzene rings is 1. The Morgan fingerprint density at radius 3 is 2.55 bits per heavy atom. The zero-order valence-corrected chi connectivity index (χ0v) is 18.8. The van der Waals surface area contributed by atoms with Crippen LogP contribution in [0.2, 0.25) is 0 Å². The normalized spacial score (nSPS) is 11.8. The van der Waals surface area contributed by atoms with E-state index in [0.29, 0.717) is 23.4 Å². The molecule has 0 fully saturated rings. The molecule has 1 amide bonds. The maximum absolute atomic E-state index is 13.5. The van der Waals surface area contributed by atoms with E-state index in [0.717, 1.165) is 5.56 Å². The third kappa shape index (κ3) is 5.35. The number of aromatic nitrogens is 3. The molecule has 10 nitrogen and oxygen atoms in total. The molecule has 10 heteroatoms. The second-order valence-corrected chi connectivity index (χ2v) is 7.41. The average Bonchev–Trinajstić information content (AvgIpc) is 2.82. The van der Waals surface area contributed by atoms with E-state index in [1.165, 1.54) is 9.47 Å². The number of fused-ring (bicyclic) bond motifs is 1. The number of carbonyl (C=O) groups is 2. The number of carboxylic acid groups (broad SMARTS) is 1. The summed E-state index contributed by atoms with van der Waals surface area (Å²) in [6.07, 6.45) is 0.143. The molecule has 2 aromatic heterocycles. The van der Waals surface area contributed by atoms with Gasteiger partial charge >= 0.3 is 5.97 Å². The van der Waals surface area contributed by atoms with Gasteiger partial charge in [0, 0.05) is 27.1 Å². The molecule has 3 aromatic rings. The van der Waals surface area contributed by atoms with Crippen molar-refractivity contribution in [2.45, 2.75) is 25.8 Å². The van der Waals surface area contributed by atoms with Gasteiger partial charge in [-0.1, -0.05) is 37.3 Å². The maximum Gasteiger partial charge on any atom is 0.305 e. The van der Waals surface area contributed by atoms with Gasteiger partial charge < -0.3 is 15.2 Å². The molecule has 0 aliphatic heterocycles. The van der Waals surface area contributed by atoms with Crippen LogP contribution in [0, 0.1) is 0 Å². The van der Waals surface area contributed by atoms with Gasteiger partial charge in [-0.05, 0) is 17.7 Å². The van der Waals surface area contributed by atoms with Crippen molar-refractivity contribution in [3.63, 3.8) is 0 Å². The predicted molar refractivity (Wildman–Crippen MR) is 125 cm³/mol. The number of carboxylic acids is 1. The Morgan fingerprint density at radius 2 is 1.91 bits per heavy atom. The first kappa shape index (κ1) is 23.9. The number of aliphatic carboxylic acids is 1. The van der Waals surface area contributed by atoms with Crippen molar-refractivity contribution >= 4 is 34.7 Å². The number of hydrogen-bond acceptors (Lipinski definition) is 7. The van der Waals surface area contributed by atoms with E-state index in [1.807, 2.05) is 30.3 Å². The van der Waals surface area contributed by atoms with Gasteiger partial charge in [-0.2, -0.15) is 0 Å². The number of anilines is 2. The summed E-state index contributed by atoms with van der Waals surface area (Å²) in [5, 5.41) is 11.8. The van der Waals surface area contributed by atoms with Crippen LogP contribution in [0.5, 0.6) is 0 Å². The zero-order valence-electron chi connectivity index (χ0n) is 18.8. The summed E-state index contributed by atoms with van der Waals surface area (Å²) in [6, 6.07) is 12.2. The summed E-state index contributed by atoms with van der Waals surface area (Å²) in [4.78, 5) is 47.1. The van der Waals surface area contributed by atoms with Gasteiger partial charge in [-0.15, -0.1) is 0 Å². The first-order valence-electron chi connectivity index (χ1n) is 10.6. The van der Waals surface area contributed by atoms with Crippen LogP contribution >= 0.6 is 0 Å². The molecule has 1 atom stereocenters. The number of ether oxygens (including phenoxy) is 1. The molecule has 33 heavy (non-hydrogen) atoms. The highest BCUT2D eigenvalue weighted by Crippen LogP contribution is 2.24. The van der Waals surface area contributed by atoms with Crippen LogP contribution < -0.4 is 15.8 Å². The highest BCUT2D eigenvalue weighted by atomic mass is 16.5. The summed E-state index contributed by atoms with van der Waals surface area (Å²) in [7, 11) is 3.17. The van der Waals surface area contributed by atoms with Crippen molar-refractivity contribution in [3.05, 3.63) is 58.4 Å². The van der Waals surface area contributed by atoms with Gasteiger partial charge in [-0.3, -0.25) is 23.9 Å². The first-order valence-corrected chi connectivity index (χ1v) is 10.6. The molecular weight excluding hydrogens is 426 g/mol. The van der Waals surface area contributed by atoms with Crippen molar-refractivity contribution in [2.24, 2.45) is 0 Å². The molecule has 2 heterocycles. The smallest absolute Gasteiger partial charge is 0.305 e. The van der Waals surface area contributed by atoms with Crippen LogP contribution in [0.25, 0.3) is 11.2 Å². The number of amides is 1. The van der Waals surface area contributed by atoms with Gasteiger partial charge in [0.15, 0.2) is 11.5 Å². The maximum atomic E-state index is 13.5. The standard InChI is InChI=1S/C23H27N5O5/c1-4-19(29)27(2)18-11-10-16-22(26-18)28(17(14-33-3)15-8-6-5-7-9-15)23(32)21(25-16)24-13-12-20(30)31/h5-11,17H,4,12-14H2,1-3H3,(H,24,25)(H,30,31). The molecule has 1 unspecified atom stereocenters. The van der Waals surface area contributed by atoms with Crippen molar-refractivity contribution in [3.8, 4) is 0 Å². The van der Waals surface area contributed by atoms with Gasteiger partial charge in [0.25, 0.3) is 5.56 Å². The second-order valence-electron chi connectivity index (χ2n) is 7.41. The molecule has 1 aromatic carbocycles. The van der Waals surface area contributed by atoms with Crippen LogP contribution in [0.15, 0.2) is 47.3 Å². The quantitative estimate of drug-likeness (QED) is 0.479. The number of pyridine rings is 1. The van der Waals surface area contributed by atoms with Crippen molar-refractivity contribution < 1.29 is 19.4 Å². The Bertz CT molecular complexity index is 1200. The first-order chi connectivity index (χ1) is 15.9. The van der Waals surface area contributed by atoms with Gasteiger partial charge in [0.1, 0.15) is 11.3 Å². The molecule has 0 saturated heterocycles. The highest BCUT2D eigenvalue weighted by Gasteiger charge is 2.23. The van der Waals surface area contributed by atoms with E-state index >= 15 is 0 Å². The summed E-state index contributed by atoms with van der Waals surface area (Å²) < 4.78 is 6.92. The van der Waals surface area contributed by atoms with Crippen molar-refractivity contribution in [2.75, 3.05) is 37.5 Å².